The van der Waals surface area contributed by atoms with Crippen molar-refractivity contribution in [3.8, 4) is 5.75 Å². The normalized spacial score (nSPS) is 11.6. The molecular formula is C15H20N2O2. The molecule has 0 bridgehead atoms. The zero-order valence-electron chi connectivity index (χ0n) is 12.1. The van der Waals surface area contributed by atoms with Gasteiger partial charge in [0.1, 0.15) is 11.4 Å². The van der Waals surface area contributed by atoms with Crippen molar-refractivity contribution < 1.29 is 9.53 Å². The first-order valence-electron chi connectivity index (χ1n) is 6.28. The number of aromatic nitrogens is 1. The minimum Gasteiger partial charge on any atom is -0.497 e. The second-order valence-electron chi connectivity index (χ2n) is 5.72. The molecule has 0 aliphatic rings. The van der Waals surface area contributed by atoms with Gasteiger partial charge in [-0.15, -0.1) is 0 Å². The van der Waals surface area contributed by atoms with E-state index in [1.807, 2.05) is 56.7 Å². The molecule has 0 atom stereocenters. The van der Waals surface area contributed by atoms with Crippen LogP contribution in [-0.4, -0.2) is 23.1 Å². The van der Waals surface area contributed by atoms with Gasteiger partial charge in [0.15, 0.2) is 0 Å². The van der Waals surface area contributed by atoms with Crippen molar-refractivity contribution in [3.63, 3.8) is 0 Å². The van der Waals surface area contributed by atoms with Crippen LogP contribution in [0.5, 0.6) is 5.75 Å². The molecule has 1 aromatic carbocycles. The molecule has 1 N–H and O–H groups in total. The van der Waals surface area contributed by atoms with Crippen LogP contribution in [0, 0.1) is 0 Å². The number of carbonyl (C=O) groups is 1. The molecule has 4 heteroatoms. The molecule has 102 valence electrons. The zero-order valence-corrected chi connectivity index (χ0v) is 12.1. The maximum absolute atomic E-state index is 12.2. The van der Waals surface area contributed by atoms with Crippen LogP contribution in [0.4, 0.5) is 0 Å². The van der Waals surface area contributed by atoms with E-state index in [1.54, 1.807) is 7.11 Å². The van der Waals surface area contributed by atoms with E-state index in [2.05, 4.69) is 5.32 Å². The highest BCUT2D eigenvalue weighted by atomic mass is 16.5. The summed E-state index contributed by atoms with van der Waals surface area (Å²) in [4.78, 5) is 12.2. The van der Waals surface area contributed by atoms with E-state index in [9.17, 15) is 4.79 Å². The molecular weight excluding hydrogens is 240 g/mol. The highest BCUT2D eigenvalue weighted by molar-refractivity contribution is 5.99. The van der Waals surface area contributed by atoms with E-state index in [-0.39, 0.29) is 11.4 Å². The van der Waals surface area contributed by atoms with E-state index in [1.165, 1.54) is 0 Å². The fraction of sp³-hybridized carbons (Fsp3) is 0.400. The number of amides is 1. The average molecular weight is 260 g/mol. The van der Waals surface area contributed by atoms with Crippen LogP contribution < -0.4 is 10.1 Å². The molecule has 0 spiro atoms. The van der Waals surface area contributed by atoms with Gasteiger partial charge >= 0.3 is 0 Å². The fourth-order valence-corrected chi connectivity index (χ4v) is 2.06. The lowest BCUT2D eigenvalue weighted by Gasteiger charge is -2.20. The molecule has 0 radical (unpaired) electrons. The zero-order chi connectivity index (χ0) is 14.2. The van der Waals surface area contributed by atoms with Crippen molar-refractivity contribution in [2.45, 2.75) is 26.3 Å². The van der Waals surface area contributed by atoms with E-state index < -0.39 is 0 Å². The van der Waals surface area contributed by atoms with Crippen LogP contribution in [-0.2, 0) is 7.05 Å². The Balaban J connectivity index is 2.45. The molecule has 0 aliphatic heterocycles. The smallest absolute Gasteiger partial charge is 0.268 e. The number of benzene rings is 1. The molecule has 0 aliphatic carbocycles. The Hall–Kier alpha value is -1.97. The Bertz CT molecular complexity index is 621. The summed E-state index contributed by atoms with van der Waals surface area (Å²) in [5.41, 5.74) is 1.39. The van der Waals surface area contributed by atoms with E-state index in [0.717, 1.165) is 16.7 Å². The number of aryl methyl sites for hydroxylation is 1. The molecule has 0 saturated heterocycles. The maximum atomic E-state index is 12.2. The number of ether oxygens (including phenoxy) is 1. The summed E-state index contributed by atoms with van der Waals surface area (Å²) in [5, 5.41) is 4.00. The van der Waals surface area contributed by atoms with Gasteiger partial charge in [0.05, 0.1) is 12.6 Å². The quantitative estimate of drug-likeness (QED) is 0.902. The minimum atomic E-state index is -0.245. The number of hydrogen-bond acceptors (Lipinski definition) is 2. The van der Waals surface area contributed by atoms with Crippen LogP contribution in [0.1, 0.15) is 31.3 Å². The van der Waals surface area contributed by atoms with Gasteiger partial charge < -0.3 is 14.6 Å². The second-order valence-corrected chi connectivity index (χ2v) is 5.72. The summed E-state index contributed by atoms with van der Waals surface area (Å²) in [6, 6.07) is 7.69. The van der Waals surface area contributed by atoms with Crippen LogP contribution in [0.2, 0.25) is 0 Å². The number of carbonyl (C=O) groups excluding carboxylic acids is 1. The van der Waals surface area contributed by atoms with Gasteiger partial charge in [-0.05, 0) is 39.0 Å². The fourth-order valence-electron chi connectivity index (χ4n) is 2.06. The Morgan fingerprint density at radius 1 is 1.26 bits per heavy atom. The summed E-state index contributed by atoms with van der Waals surface area (Å²) < 4.78 is 7.10. The van der Waals surface area contributed by atoms with Crippen molar-refractivity contribution in [3.05, 3.63) is 30.0 Å². The molecule has 2 aromatic rings. The number of nitrogens with zero attached hydrogens (tertiary/aromatic N) is 1. The van der Waals surface area contributed by atoms with Gasteiger partial charge in [0.2, 0.25) is 0 Å². The predicted molar refractivity (Wildman–Crippen MR) is 76.7 cm³/mol. The number of rotatable bonds is 2. The Morgan fingerprint density at radius 2 is 1.95 bits per heavy atom. The lowest BCUT2D eigenvalue weighted by molar-refractivity contribution is 0.0911. The van der Waals surface area contributed by atoms with E-state index >= 15 is 0 Å². The van der Waals surface area contributed by atoms with Gasteiger partial charge in [0.25, 0.3) is 5.91 Å². The lowest BCUT2D eigenvalue weighted by atomic mass is 10.1. The molecule has 1 amide bonds. The van der Waals surface area contributed by atoms with Gasteiger partial charge in [-0.1, -0.05) is 0 Å². The van der Waals surface area contributed by atoms with Crippen LogP contribution in [0.3, 0.4) is 0 Å². The topological polar surface area (TPSA) is 43.3 Å². The number of fused-ring (bicyclic) bond motifs is 1. The van der Waals surface area contributed by atoms with Gasteiger partial charge in [-0.25, -0.2) is 0 Å². The molecule has 1 heterocycles. The van der Waals surface area contributed by atoms with Crippen molar-refractivity contribution >= 4 is 16.8 Å². The summed E-state index contributed by atoms with van der Waals surface area (Å²) in [5.74, 6) is 0.724. The maximum Gasteiger partial charge on any atom is 0.268 e. The van der Waals surface area contributed by atoms with Gasteiger partial charge in [-0.2, -0.15) is 0 Å². The number of hydrogen-bond donors (Lipinski definition) is 1. The summed E-state index contributed by atoms with van der Waals surface area (Å²) in [6.45, 7) is 5.91. The van der Waals surface area contributed by atoms with E-state index in [4.69, 9.17) is 4.74 Å². The van der Waals surface area contributed by atoms with Gasteiger partial charge in [-0.3, -0.25) is 4.79 Å². The van der Waals surface area contributed by atoms with E-state index in [0.29, 0.717) is 5.69 Å². The molecule has 0 saturated carbocycles. The van der Waals surface area contributed by atoms with Crippen LogP contribution in [0.15, 0.2) is 24.3 Å². The first kappa shape index (κ1) is 13.5. The molecule has 2 rings (SSSR count). The molecule has 0 unspecified atom stereocenters. The first-order valence-corrected chi connectivity index (χ1v) is 6.28. The largest absolute Gasteiger partial charge is 0.497 e. The van der Waals surface area contributed by atoms with Crippen LogP contribution in [0.25, 0.3) is 10.9 Å². The molecule has 0 fully saturated rings. The average Bonchev–Trinajstić information content (AvgIpc) is 2.64. The molecule has 19 heavy (non-hydrogen) atoms. The third-order valence-corrected chi connectivity index (χ3v) is 2.97. The van der Waals surface area contributed by atoms with Crippen molar-refractivity contribution in [2.75, 3.05) is 7.11 Å². The second kappa shape index (κ2) is 4.61. The monoisotopic (exact) mass is 260 g/mol. The molecule has 4 nitrogen and oxygen atoms in total. The van der Waals surface area contributed by atoms with Crippen molar-refractivity contribution in [1.82, 2.24) is 9.88 Å². The standard InChI is InChI=1S/C15H20N2O2/c1-15(2,3)16-14(18)13-8-10-6-7-11(19-5)9-12(10)17(13)4/h6-9H,1-5H3,(H,16,18). The predicted octanol–water partition coefficient (Wildman–Crippen LogP) is 2.72. The Kier molecular flexibility index (Phi) is 3.27. The third kappa shape index (κ3) is 2.72. The van der Waals surface area contributed by atoms with Gasteiger partial charge in [0, 0.05) is 24.0 Å². The number of nitrogens with one attached hydrogen (secondary N) is 1. The number of methoxy groups -OCH3 is 1. The highest BCUT2D eigenvalue weighted by Gasteiger charge is 2.19. The van der Waals surface area contributed by atoms with Crippen molar-refractivity contribution in [2.24, 2.45) is 7.05 Å². The molecule has 1 aromatic heterocycles. The highest BCUT2D eigenvalue weighted by Crippen LogP contribution is 2.24. The lowest BCUT2D eigenvalue weighted by Crippen LogP contribution is -2.41. The Labute approximate surface area is 113 Å². The third-order valence-electron chi connectivity index (χ3n) is 2.97. The summed E-state index contributed by atoms with van der Waals surface area (Å²) in [7, 11) is 3.52. The van der Waals surface area contributed by atoms with Crippen LogP contribution >= 0.6 is 0 Å². The SMILES string of the molecule is COc1ccc2cc(C(=O)NC(C)(C)C)n(C)c2c1. The summed E-state index contributed by atoms with van der Waals surface area (Å²) >= 11 is 0. The first-order chi connectivity index (χ1) is 8.81. The summed E-state index contributed by atoms with van der Waals surface area (Å²) in [6.07, 6.45) is 0. The minimum absolute atomic E-state index is 0.0647. The Morgan fingerprint density at radius 3 is 2.53 bits per heavy atom. The van der Waals surface area contributed by atoms with Crippen molar-refractivity contribution in [1.29, 1.82) is 0 Å².